The standard InChI is InChI=1S/C9H14ClN3S/c1-7(4-10)5-11-8-3-9(14-2)13-6-12-8/h3,6-7H,4-5H2,1-2H3,(H,11,12,13). The highest BCUT2D eigenvalue weighted by molar-refractivity contribution is 7.98. The fourth-order valence-corrected chi connectivity index (χ4v) is 1.37. The molecule has 0 amide bonds. The molecule has 14 heavy (non-hydrogen) atoms. The Morgan fingerprint density at radius 2 is 2.36 bits per heavy atom. The van der Waals surface area contributed by atoms with Gasteiger partial charge in [0.25, 0.3) is 0 Å². The molecule has 5 heteroatoms. The molecule has 1 aromatic heterocycles. The van der Waals surface area contributed by atoms with Crippen molar-refractivity contribution >= 4 is 29.2 Å². The van der Waals surface area contributed by atoms with Crippen molar-refractivity contribution < 1.29 is 0 Å². The summed E-state index contributed by atoms with van der Waals surface area (Å²) in [6.07, 6.45) is 3.56. The fourth-order valence-electron chi connectivity index (χ4n) is 0.881. The molecule has 0 bridgehead atoms. The molecule has 1 atom stereocenters. The molecule has 0 saturated heterocycles. The maximum Gasteiger partial charge on any atom is 0.130 e. The summed E-state index contributed by atoms with van der Waals surface area (Å²) in [4.78, 5) is 8.21. The Balaban J connectivity index is 2.50. The van der Waals surface area contributed by atoms with Gasteiger partial charge in [-0.25, -0.2) is 9.97 Å². The van der Waals surface area contributed by atoms with Gasteiger partial charge in [0, 0.05) is 18.5 Å². The Bertz CT molecular complexity index is 283. The summed E-state index contributed by atoms with van der Waals surface area (Å²) in [7, 11) is 0. The van der Waals surface area contributed by atoms with E-state index in [1.807, 2.05) is 12.3 Å². The first-order valence-electron chi connectivity index (χ1n) is 4.42. The van der Waals surface area contributed by atoms with Crippen LogP contribution in [-0.2, 0) is 0 Å². The van der Waals surface area contributed by atoms with Gasteiger partial charge < -0.3 is 5.32 Å². The largest absolute Gasteiger partial charge is 0.370 e. The average Bonchev–Trinajstić information content (AvgIpc) is 2.26. The van der Waals surface area contributed by atoms with E-state index in [1.54, 1.807) is 18.1 Å². The number of hydrogen-bond acceptors (Lipinski definition) is 4. The first kappa shape index (κ1) is 11.6. The molecule has 1 heterocycles. The van der Waals surface area contributed by atoms with Crippen molar-refractivity contribution in [3.63, 3.8) is 0 Å². The highest BCUT2D eigenvalue weighted by atomic mass is 35.5. The zero-order chi connectivity index (χ0) is 10.4. The number of halogens is 1. The number of hydrogen-bond donors (Lipinski definition) is 1. The summed E-state index contributed by atoms with van der Waals surface area (Å²) < 4.78 is 0. The van der Waals surface area contributed by atoms with E-state index in [2.05, 4.69) is 22.2 Å². The monoisotopic (exact) mass is 231 g/mol. The van der Waals surface area contributed by atoms with Crippen LogP contribution in [0.25, 0.3) is 0 Å². The van der Waals surface area contributed by atoms with Crippen LogP contribution in [-0.4, -0.2) is 28.6 Å². The van der Waals surface area contributed by atoms with Gasteiger partial charge in [0.15, 0.2) is 0 Å². The molecule has 0 aliphatic heterocycles. The van der Waals surface area contributed by atoms with Gasteiger partial charge in [-0.3, -0.25) is 0 Å². The fraction of sp³-hybridized carbons (Fsp3) is 0.556. The molecule has 1 N–H and O–H groups in total. The van der Waals surface area contributed by atoms with Crippen LogP contribution in [0.3, 0.4) is 0 Å². The van der Waals surface area contributed by atoms with E-state index in [9.17, 15) is 0 Å². The van der Waals surface area contributed by atoms with E-state index >= 15 is 0 Å². The number of aromatic nitrogens is 2. The molecule has 0 radical (unpaired) electrons. The Kier molecular flexibility index (Phi) is 5.04. The maximum atomic E-state index is 5.70. The summed E-state index contributed by atoms with van der Waals surface area (Å²) in [5.74, 6) is 1.97. The molecule has 0 aliphatic carbocycles. The summed E-state index contributed by atoms with van der Waals surface area (Å²) in [6, 6.07) is 1.94. The minimum absolute atomic E-state index is 0.448. The number of alkyl halides is 1. The zero-order valence-electron chi connectivity index (χ0n) is 8.33. The van der Waals surface area contributed by atoms with E-state index in [1.165, 1.54) is 0 Å². The lowest BCUT2D eigenvalue weighted by Crippen LogP contribution is -2.13. The van der Waals surface area contributed by atoms with Crippen molar-refractivity contribution in [3.05, 3.63) is 12.4 Å². The van der Waals surface area contributed by atoms with Gasteiger partial charge in [0.1, 0.15) is 17.2 Å². The van der Waals surface area contributed by atoms with Crippen LogP contribution in [0.5, 0.6) is 0 Å². The predicted octanol–water partition coefficient (Wildman–Crippen LogP) is 2.49. The third kappa shape index (κ3) is 3.72. The van der Waals surface area contributed by atoms with Crippen LogP contribution in [0.2, 0.25) is 0 Å². The summed E-state index contributed by atoms with van der Waals surface area (Å²) in [6.45, 7) is 2.94. The number of nitrogens with zero attached hydrogens (tertiary/aromatic N) is 2. The smallest absolute Gasteiger partial charge is 0.130 e. The van der Waals surface area contributed by atoms with Crippen LogP contribution < -0.4 is 5.32 Å². The summed E-state index contributed by atoms with van der Waals surface area (Å²) >= 11 is 7.31. The zero-order valence-corrected chi connectivity index (χ0v) is 9.90. The lowest BCUT2D eigenvalue weighted by Gasteiger charge is -2.09. The summed E-state index contributed by atoms with van der Waals surface area (Å²) in [5, 5.41) is 4.19. The number of anilines is 1. The molecule has 3 nitrogen and oxygen atoms in total. The average molecular weight is 232 g/mol. The Labute approximate surface area is 93.7 Å². The van der Waals surface area contributed by atoms with Crippen molar-refractivity contribution in [2.75, 3.05) is 24.0 Å². The number of rotatable bonds is 5. The molecule has 78 valence electrons. The third-order valence-electron chi connectivity index (χ3n) is 1.75. The van der Waals surface area contributed by atoms with Gasteiger partial charge in [-0.05, 0) is 12.2 Å². The maximum absolute atomic E-state index is 5.70. The van der Waals surface area contributed by atoms with Gasteiger partial charge in [-0.2, -0.15) is 0 Å². The van der Waals surface area contributed by atoms with Crippen LogP contribution in [0.4, 0.5) is 5.82 Å². The lowest BCUT2D eigenvalue weighted by molar-refractivity contribution is 0.694. The van der Waals surface area contributed by atoms with Gasteiger partial charge in [-0.15, -0.1) is 23.4 Å². The Hall–Kier alpha value is -0.480. The third-order valence-corrected chi connectivity index (χ3v) is 2.91. The molecule has 1 rings (SSSR count). The molecule has 0 spiro atoms. The van der Waals surface area contributed by atoms with Crippen molar-refractivity contribution in [2.24, 2.45) is 5.92 Å². The van der Waals surface area contributed by atoms with E-state index in [0.717, 1.165) is 17.4 Å². The molecule has 1 unspecified atom stereocenters. The normalized spacial score (nSPS) is 12.5. The van der Waals surface area contributed by atoms with Gasteiger partial charge in [0.2, 0.25) is 0 Å². The van der Waals surface area contributed by atoms with Gasteiger partial charge in [-0.1, -0.05) is 6.92 Å². The van der Waals surface area contributed by atoms with Gasteiger partial charge in [0.05, 0.1) is 0 Å². The molecule has 0 saturated carbocycles. The van der Waals surface area contributed by atoms with E-state index < -0.39 is 0 Å². The first-order chi connectivity index (χ1) is 6.76. The predicted molar refractivity (Wildman–Crippen MR) is 62.2 cm³/mol. The van der Waals surface area contributed by atoms with Gasteiger partial charge >= 0.3 is 0 Å². The van der Waals surface area contributed by atoms with Crippen LogP contribution in [0.15, 0.2) is 17.4 Å². The van der Waals surface area contributed by atoms with E-state index in [4.69, 9.17) is 11.6 Å². The molecule has 1 aromatic rings. The second-order valence-corrected chi connectivity index (χ2v) is 4.22. The van der Waals surface area contributed by atoms with Crippen molar-refractivity contribution in [1.29, 1.82) is 0 Å². The molecule has 0 aliphatic rings. The quantitative estimate of drug-likeness (QED) is 0.480. The molecule has 0 fully saturated rings. The lowest BCUT2D eigenvalue weighted by atomic mass is 10.2. The Morgan fingerprint density at radius 3 is 3.00 bits per heavy atom. The minimum atomic E-state index is 0.448. The summed E-state index contributed by atoms with van der Waals surface area (Å²) in [5.41, 5.74) is 0. The first-order valence-corrected chi connectivity index (χ1v) is 6.18. The van der Waals surface area contributed by atoms with Crippen molar-refractivity contribution in [1.82, 2.24) is 9.97 Å². The van der Waals surface area contributed by atoms with Crippen LogP contribution >= 0.6 is 23.4 Å². The number of nitrogens with one attached hydrogen (secondary N) is 1. The van der Waals surface area contributed by atoms with E-state index in [-0.39, 0.29) is 0 Å². The van der Waals surface area contributed by atoms with Crippen molar-refractivity contribution in [3.8, 4) is 0 Å². The van der Waals surface area contributed by atoms with Crippen LogP contribution in [0.1, 0.15) is 6.92 Å². The molecular formula is C9H14ClN3S. The number of thioether (sulfide) groups is 1. The second-order valence-electron chi connectivity index (χ2n) is 3.09. The van der Waals surface area contributed by atoms with E-state index in [0.29, 0.717) is 11.8 Å². The van der Waals surface area contributed by atoms with Crippen LogP contribution in [0, 0.1) is 5.92 Å². The second kappa shape index (κ2) is 6.09. The topological polar surface area (TPSA) is 37.8 Å². The Morgan fingerprint density at radius 1 is 1.57 bits per heavy atom. The minimum Gasteiger partial charge on any atom is -0.370 e. The molecular weight excluding hydrogens is 218 g/mol. The van der Waals surface area contributed by atoms with Crippen molar-refractivity contribution in [2.45, 2.75) is 11.9 Å². The SMILES string of the molecule is CSc1cc(NCC(C)CCl)ncn1. The highest BCUT2D eigenvalue weighted by Gasteiger charge is 2.01. The highest BCUT2D eigenvalue weighted by Crippen LogP contribution is 2.13. The molecule has 0 aromatic carbocycles.